The molecule has 1 aromatic carbocycles. The fraction of sp³-hybridized carbons (Fsp3) is 0.500. The monoisotopic (exact) mass is 262 g/mol. The fourth-order valence-electron chi connectivity index (χ4n) is 2.25. The van der Waals surface area contributed by atoms with E-state index in [0.29, 0.717) is 29.3 Å². The van der Waals surface area contributed by atoms with Crippen molar-refractivity contribution < 1.29 is 14.3 Å². The number of hydrogen-bond donors (Lipinski definition) is 2. The van der Waals surface area contributed by atoms with E-state index in [2.05, 4.69) is 5.32 Å². The molecule has 1 saturated carbocycles. The second-order valence-electron chi connectivity index (χ2n) is 5.13. The van der Waals surface area contributed by atoms with Crippen LogP contribution >= 0.6 is 0 Å². The average Bonchev–Trinajstić information content (AvgIpc) is 3.11. The van der Waals surface area contributed by atoms with Crippen LogP contribution in [-0.4, -0.2) is 19.2 Å². The minimum Gasteiger partial charge on any atom is -0.454 e. The van der Waals surface area contributed by atoms with Gasteiger partial charge in [0.2, 0.25) is 6.79 Å². The molecule has 3 rings (SSSR count). The first-order chi connectivity index (χ1) is 9.24. The zero-order chi connectivity index (χ0) is 13.2. The van der Waals surface area contributed by atoms with Gasteiger partial charge in [-0.05, 0) is 24.8 Å². The maximum absolute atomic E-state index is 12.0. The van der Waals surface area contributed by atoms with E-state index in [9.17, 15) is 4.79 Å². The molecule has 1 fully saturated rings. The van der Waals surface area contributed by atoms with Crippen LogP contribution in [0.4, 0.5) is 5.69 Å². The van der Waals surface area contributed by atoms with Crippen LogP contribution < -0.4 is 20.5 Å². The van der Waals surface area contributed by atoms with E-state index in [-0.39, 0.29) is 12.7 Å². The van der Waals surface area contributed by atoms with Crippen molar-refractivity contribution in [3.63, 3.8) is 0 Å². The highest BCUT2D eigenvalue weighted by Gasteiger charge is 2.21. The molecule has 5 nitrogen and oxygen atoms in total. The number of benzene rings is 1. The standard InChI is InChI=1S/C14H18N2O3/c15-11-7-13-12(18-8-19-13)6-10(11)14(17)16-5-1-2-9-3-4-9/h6-7,9H,1-5,8,15H2,(H,16,17). The molecule has 0 bridgehead atoms. The van der Waals surface area contributed by atoms with Gasteiger partial charge in [-0.1, -0.05) is 12.8 Å². The summed E-state index contributed by atoms with van der Waals surface area (Å²) in [6, 6.07) is 3.29. The van der Waals surface area contributed by atoms with Gasteiger partial charge in [-0.25, -0.2) is 0 Å². The third-order valence-electron chi connectivity index (χ3n) is 3.56. The Morgan fingerprint density at radius 3 is 2.79 bits per heavy atom. The lowest BCUT2D eigenvalue weighted by Gasteiger charge is -2.08. The van der Waals surface area contributed by atoms with E-state index in [0.717, 1.165) is 12.3 Å². The topological polar surface area (TPSA) is 73.6 Å². The predicted octanol–water partition coefficient (Wildman–Crippen LogP) is 1.92. The molecule has 19 heavy (non-hydrogen) atoms. The second kappa shape index (κ2) is 4.99. The Hall–Kier alpha value is -1.91. The van der Waals surface area contributed by atoms with Crippen LogP contribution in [0.2, 0.25) is 0 Å². The van der Waals surface area contributed by atoms with Gasteiger partial charge in [-0.3, -0.25) is 4.79 Å². The van der Waals surface area contributed by atoms with E-state index in [1.165, 1.54) is 19.3 Å². The number of nitrogens with two attached hydrogens (primary N) is 1. The number of rotatable bonds is 5. The van der Waals surface area contributed by atoms with Gasteiger partial charge in [0.25, 0.3) is 5.91 Å². The molecule has 102 valence electrons. The maximum atomic E-state index is 12.0. The molecule has 1 aliphatic heterocycles. The normalized spacial score (nSPS) is 16.4. The molecule has 1 amide bonds. The highest BCUT2D eigenvalue weighted by molar-refractivity contribution is 6.00. The fourth-order valence-corrected chi connectivity index (χ4v) is 2.25. The van der Waals surface area contributed by atoms with Gasteiger partial charge in [-0.15, -0.1) is 0 Å². The number of nitrogens with one attached hydrogen (secondary N) is 1. The first-order valence-corrected chi connectivity index (χ1v) is 6.71. The van der Waals surface area contributed by atoms with Crippen LogP contribution in [0.1, 0.15) is 36.0 Å². The summed E-state index contributed by atoms with van der Waals surface area (Å²) in [6.45, 7) is 0.879. The van der Waals surface area contributed by atoms with Crippen molar-refractivity contribution in [3.8, 4) is 11.5 Å². The third-order valence-corrected chi connectivity index (χ3v) is 3.56. The van der Waals surface area contributed by atoms with Crippen molar-refractivity contribution in [1.29, 1.82) is 0 Å². The summed E-state index contributed by atoms with van der Waals surface area (Å²) < 4.78 is 10.5. The van der Waals surface area contributed by atoms with Crippen molar-refractivity contribution in [3.05, 3.63) is 17.7 Å². The Kier molecular flexibility index (Phi) is 3.19. The first-order valence-electron chi connectivity index (χ1n) is 6.71. The molecule has 2 aliphatic rings. The molecule has 1 heterocycles. The minimum absolute atomic E-state index is 0.147. The molecular formula is C14H18N2O3. The quantitative estimate of drug-likeness (QED) is 0.628. The average molecular weight is 262 g/mol. The molecule has 0 aromatic heterocycles. The van der Waals surface area contributed by atoms with E-state index in [1.807, 2.05) is 0 Å². The largest absolute Gasteiger partial charge is 0.454 e. The molecule has 1 aliphatic carbocycles. The molecular weight excluding hydrogens is 244 g/mol. The van der Waals surface area contributed by atoms with Crippen molar-refractivity contribution >= 4 is 11.6 Å². The summed E-state index contributed by atoms with van der Waals surface area (Å²) >= 11 is 0. The zero-order valence-electron chi connectivity index (χ0n) is 10.8. The summed E-state index contributed by atoms with van der Waals surface area (Å²) in [5.74, 6) is 1.93. The van der Waals surface area contributed by atoms with Crippen LogP contribution in [0.25, 0.3) is 0 Å². The lowest BCUT2D eigenvalue weighted by atomic mass is 10.1. The Bertz CT molecular complexity index is 498. The highest BCUT2D eigenvalue weighted by Crippen LogP contribution is 2.36. The maximum Gasteiger partial charge on any atom is 0.253 e. The Labute approximate surface area is 112 Å². The van der Waals surface area contributed by atoms with Crippen LogP contribution in [0, 0.1) is 5.92 Å². The predicted molar refractivity (Wildman–Crippen MR) is 71.3 cm³/mol. The molecule has 0 atom stereocenters. The number of carbonyl (C=O) groups is 1. The lowest BCUT2D eigenvalue weighted by Crippen LogP contribution is -2.25. The Balaban J connectivity index is 1.59. The SMILES string of the molecule is Nc1cc2c(cc1C(=O)NCCCC1CC1)OCO2. The third kappa shape index (κ3) is 2.75. The number of ether oxygens (including phenoxy) is 2. The van der Waals surface area contributed by atoms with Crippen LogP contribution in [0.15, 0.2) is 12.1 Å². The van der Waals surface area contributed by atoms with Gasteiger partial charge in [0.1, 0.15) is 0 Å². The number of nitrogen functional groups attached to an aromatic ring is 1. The van der Waals surface area contributed by atoms with Gasteiger partial charge in [-0.2, -0.15) is 0 Å². The molecule has 3 N–H and O–H groups in total. The second-order valence-corrected chi connectivity index (χ2v) is 5.13. The number of anilines is 1. The molecule has 0 radical (unpaired) electrons. The van der Waals surface area contributed by atoms with Crippen LogP contribution in [0.3, 0.4) is 0 Å². The van der Waals surface area contributed by atoms with Gasteiger partial charge in [0.05, 0.1) is 5.56 Å². The summed E-state index contributed by atoms with van der Waals surface area (Å²) in [4.78, 5) is 12.0. The number of hydrogen-bond acceptors (Lipinski definition) is 4. The molecule has 1 aromatic rings. The first kappa shape index (κ1) is 12.1. The number of fused-ring (bicyclic) bond motifs is 1. The van der Waals surface area contributed by atoms with Crippen molar-refractivity contribution in [2.45, 2.75) is 25.7 Å². The summed E-state index contributed by atoms with van der Waals surface area (Å²) in [6.07, 6.45) is 4.93. The van der Waals surface area contributed by atoms with E-state index < -0.39 is 0 Å². The van der Waals surface area contributed by atoms with Crippen molar-refractivity contribution in [2.75, 3.05) is 19.1 Å². The van der Waals surface area contributed by atoms with Crippen LogP contribution in [0.5, 0.6) is 11.5 Å². The van der Waals surface area contributed by atoms with Gasteiger partial charge < -0.3 is 20.5 Å². The lowest BCUT2D eigenvalue weighted by molar-refractivity contribution is 0.0953. The van der Waals surface area contributed by atoms with E-state index >= 15 is 0 Å². The smallest absolute Gasteiger partial charge is 0.253 e. The van der Waals surface area contributed by atoms with Crippen molar-refractivity contribution in [2.24, 2.45) is 5.92 Å². The molecule has 0 unspecified atom stereocenters. The number of carbonyl (C=O) groups excluding carboxylic acids is 1. The summed E-state index contributed by atoms with van der Waals surface area (Å²) in [5.41, 5.74) is 6.74. The van der Waals surface area contributed by atoms with E-state index in [4.69, 9.17) is 15.2 Å². The van der Waals surface area contributed by atoms with Crippen LogP contribution in [-0.2, 0) is 0 Å². The van der Waals surface area contributed by atoms with Gasteiger partial charge in [0.15, 0.2) is 11.5 Å². The molecule has 0 spiro atoms. The highest BCUT2D eigenvalue weighted by atomic mass is 16.7. The molecule has 5 heteroatoms. The zero-order valence-corrected chi connectivity index (χ0v) is 10.8. The minimum atomic E-state index is -0.147. The van der Waals surface area contributed by atoms with Gasteiger partial charge >= 0.3 is 0 Å². The van der Waals surface area contributed by atoms with Gasteiger partial charge in [0, 0.05) is 18.3 Å². The van der Waals surface area contributed by atoms with Crippen molar-refractivity contribution in [1.82, 2.24) is 5.32 Å². The Morgan fingerprint density at radius 1 is 1.32 bits per heavy atom. The molecule has 0 saturated heterocycles. The summed E-state index contributed by atoms with van der Waals surface area (Å²) in [5, 5.41) is 2.90. The summed E-state index contributed by atoms with van der Waals surface area (Å²) in [7, 11) is 0. The Morgan fingerprint density at radius 2 is 2.05 bits per heavy atom. The van der Waals surface area contributed by atoms with E-state index in [1.54, 1.807) is 12.1 Å². The number of amides is 1.